The number of hydrogen-bond donors (Lipinski definition) is 1. The lowest BCUT2D eigenvalue weighted by Gasteiger charge is -2.37. The summed E-state index contributed by atoms with van der Waals surface area (Å²) in [6.45, 7) is 9.58. The van der Waals surface area contributed by atoms with Crippen LogP contribution in [0.4, 0.5) is 5.13 Å². The van der Waals surface area contributed by atoms with Gasteiger partial charge in [-0.15, -0.1) is 0 Å². The first kappa shape index (κ1) is 15.3. The molecule has 1 aromatic heterocycles. The Morgan fingerprint density at radius 3 is 2.85 bits per heavy atom. The number of anilines is 1. The third-order valence-corrected chi connectivity index (χ3v) is 5.63. The number of nitrogens with zero attached hydrogens (tertiary/aromatic N) is 2. The van der Waals surface area contributed by atoms with Crippen LogP contribution >= 0.6 is 11.3 Å². The minimum Gasteiger partial charge on any atom is -0.477 e. The fourth-order valence-electron chi connectivity index (χ4n) is 2.73. The van der Waals surface area contributed by atoms with Gasteiger partial charge in [0.25, 0.3) is 0 Å². The molecule has 2 heterocycles. The zero-order chi connectivity index (χ0) is 14.9. The third-order valence-electron chi connectivity index (χ3n) is 4.53. The lowest BCUT2D eigenvalue weighted by atomic mass is 9.92. The average molecular weight is 296 g/mol. The van der Waals surface area contributed by atoms with E-state index in [1.807, 2.05) is 6.92 Å². The highest BCUT2D eigenvalue weighted by Gasteiger charge is 2.29. The van der Waals surface area contributed by atoms with Gasteiger partial charge in [-0.3, -0.25) is 0 Å². The Morgan fingerprint density at radius 1 is 1.55 bits per heavy atom. The highest BCUT2D eigenvalue weighted by Crippen LogP contribution is 2.36. The predicted octanol–water partition coefficient (Wildman–Crippen LogP) is 3.98. The van der Waals surface area contributed by atoms with Crippen molar-refractivity contribution in [2.45, 2.75) is 58.9 Å². The van der Waals surface area contributed by atoms with Crippen molar-refractivity contribution in [1.29, 1.82) is 0 Å². The van der Waals surface area contributed by atoms with Crippen LogP contribution in [0.15, 0.2) is 0 Å². The highest BCUT2D eigenvalue weighted by atomic mass is 32.1. The molecule has 3 unspecified atom stereocenters. The van der Waals surface area contributed by atoms with E-state index in [0.717, 1.165) is 30.2 Å². The van der Waals surface area contributed by atoms with Gasteiger partial charge in [-0.25, -0.2) is 9.78 Å². The van der Waals surface area contributed by atoms with E-state index in [9.17, 15) is 9.90 Å². The van der Waals surface area contributed by atoms with Crippen molar-refractivity contribution in [3.8, 4) is 0 Å². The predicted molar refractivity (Wildman–Crippen MR) is 83.0 cm³/mol. The Kier molecular flexibility index (Phi) is 4.68. The van der Waals surface area contributed by atoms with Gasteiger partial charge in [-0.05, 0) is 38.0 Å². The summed E-state index contributed by atoms with van der Waals surface area (Å²) in [5.74, 6) is -0.0154. The second-order valence-corrected chi connectivity index (χ2v) is 6.86. The monoisotopic (exact) mass is 296 g/mol. The SMILES string of the molecule is CCC(C)c1nc(N2CCCC(C)C2C)sc1C(=O)O. The molecule has 0 aromatic carbocycles. The molecule has 1 N–H and O–H groups in total. The van der Waals surface area contributed by atoms with Crippen LogP contribution in [0.25, 0.3) is 0 Å². The van der Waals surface area contributed by atoms with E-state index in [-0.39, 0.29) is 5.92 Å². The fourth-order valence-corrected chi connectivity index (χ4v) is 3.87. The topological polar surface area (TPSA) is 53.4 Å². The van der Waals surface area contributed by atoms with Gasteiger partial charge in [0.2, 0.25) is 0 Å². The Morgan fingerprint density at radius 2 is 2.25 bits per heavy atom. The number of rotatable bonds is 4. The second kappa shape index (κ2) is 6.12. The van der Waals surface area contributed by atoms with Gasteiger partial charge >= 0.3 is 5.97 Å². The molecular weight excluding hydrogens is 272 g/mol. The molecule has 5 heteroatoms. The highest BCUT2D eigenvalue weighted by molar-refractivity contribution is 7.17. The van der Waals surface area contributed by atoms with Crippen molar-refractivity contribution < 1.29 is 9.90 Å². The van der Waals surface area contributed by atoms with E-state index in [0.29, 0.717) is 16.8 Å². The molecule has 0 spiro atoms. The summed E-state index contributed by atoms with van der Waals surface area (Å²) < 4.78 is 0. The van der Waals surface area contributed by atoms with E-state index in [4.69, 9.17) is 0 Å². The zero-order valence-electron chi connectivity index (χ0n) is 12.7. The molecule has 4 nitrogen and oxygen atoms in total. The third kappa shape index (κ3) is 2.82. The first-order valence-electron chi connectivity index (χ1n) is 7.46. The van der Waals surface area contributed by atoms with Crippen LogP contribution in [0, 0.1) is 5.92 Å². The number of carbonyl (C=O) groups is 1. The quantitative estimate of drug-likeness (QED) is 0.913. The molecule has 0 saturated carbocycles. The van der Waals surface area contributed by atoms with Crippen molar-refractivity contribution in [3.05, 3.63) is 10.6 Å². The van der Waals surface area contributed by atoms with Gasteiger partial charge < -0.3 is 10.0 Å². The summed E-state index contributed by atoms with van der Waals surface area (Å²) in [5.41, 5.74) is 0.755. The normalized spacial score (nSPS) is 24.7. The number of thiazole rings is 1. The molecule has 112 valence electrons. The molecule has 1 saturated heterocycles. The molecule has 3 atom stereocenters. The smallest absolute Gasteiger partial charge is 0.347 e. The fraction of sp³-hybridized carbons (Fsp3) is 0.733. The maximum atomic E-state index is 11.4. The van der Waals surface area contributed by atoms with Gasteiger partial charge in [0.1, 0.15) is 4.88 Å². The van der Waals surface area contributed by atoms with E-state index < -0.39 is 5.97 Å². The van der Waals surface area contributed by atoms with Crippen molar-refractivity contribution in [2.75, 3.05) is 11.4 Å². The lowest BCUT2D eigenvalue weighted by molar-refractivity contribution is 0.0700. The van der Waals surface area contributed by atoms with Crippen LogP contribution in [0.2, 0.25) is 0 Å². The standard InChI is InChI=1S/C15H24N2O2S/c1-5-9(2)12-13(14(18)19)20-15(16-12)17-8-6-7-10(3)11(17)4/h9-11H,5-8H2,1-4H3,(H,18,19). The van der Waals surface area contributed by atoms with Gasteiger partial charge in [0.05, 0.1) is 5.69 Å². The summed E-state index contributed by atoms with van der Waals surface area (Å²) in [6.07, 6.45) is 3.31. The van der Waals surface area contributed by atoms with Gasteiger partial charge in [-0.2, -0.15) is 0 Å². The van der Waals surface area contributed by atoms with Gasteiger partial charge in [0, 0.05) is 12.6 Å². The summed E-state index contributed by atoms with van der Waals surface area (Å²) in [6, 6.07) is 0.432. The summed E-state index contributed by atoms with van der Waals surface area (Å²) in [7, 11) is 0. The van der Waals surface area contributed by atoms with Crippen molar-refractivity contribution in [1.82, 2.24) is 4.98 Å². The molecule has 0 radical (unpaired) electrons. The molecule has 20 heavy (non-hydrogen) atoms. The van der Waals surface area contributed by atoms with Crippen LogP contribution in [0.3, 0.4) is 0 Å². The molecule has 0 aliphatic carbocycles. The van der Waals surface area contributed by atoms with Gasteiger partial charge in [0.15, 0.2) is 5.13 Å². The van der Waals surface area contributed by atoms with Crippen LogP contribution in [-0.4, -0.2) is 28.6 Å². The van der Waals surface area contributed by atoms with Gasteiger partial charge in [-0.1, -0.05) is 32.1 Å². The van der Waals surface area contributed by atoms with Crippen LogP contribution < -0.4 is 4.90 Å². The number of carboxylic acids is 1. The van der Waals surface area contributed by atoms with Crippen molar-refractivity contribution in [2.24, 2.45) is 5.92 Å². The van der Waals surface area contributed by atoms with E-state index in [1.54, 1.807) is 0 Å². The van der Waals surface area contributed by atoms with Crippen molar-refractivity contribution >= 4 is 22.4 Å². The molecule has 2 rings (SSSR count). The van der Waals surface area contributed by atoms with E-state index >= 15 is 0 Å². The first-order chi connectivity index (χ1) is 9.45. The number of aromatic nitrogens is 1. The number of aromatic carboxylic acids is 1. The Balaban J connectivity index is 2.35. The van der Waals surface area contributed by atoms with Crippen molar-refractivity contribution in [3.63, 3.8) is 0 Å². The molecule has 1 aliphatic rings. The average Bonchev–Trinajstić information content (AvgIpc) is 2.86. The summed E-state index contributed by atoms with van der Waals surface area (Å²) in [4.78, 5) is 18.8. The minimum atomic E-state index is -0.846. The number of hydrogen-bond acceptors (Lipinski definition) is 4. The zero-order valence-corrected chi connectivity index (χ0v) is 13.5. The molecule has 0 amide bonds. The first-order valence-corrected chi connectivity index (χ1v) is 8.28. The molecule has 1 fully saturated rings. The van der Waals surface area contributed by atoms with Crippen LogP contribution in [-0.2, 0) is 0 Å². The lowest BCUT2D eigenvalue weighted by Crippen LogP contribution is -2.42. The van der Waals surface area contributed by atoms with E-state index in [2.05, 4.69) is 30.7 Å². The maximum Gasteiger partial charge on any atom is 0.347 e. The summed E-state index contributed by atoms with van der Waals surface area (Å²) in [5, 5.41) is 10.3. The molecule has 1 aliphatic heterocycles. The molecular formula is C15H24N2O2S. The summed E-state index contributed by atoms with van der Waals surface area (Å²) >= 11 is 1.34. The largest absolute Gasteiger partial charge is 0.477 e. The Hall–Kier alpha value is -1.10. The minimum absolute atomic E-state index is 0.198. The van der Waals surface area contributed by atoms with Crippen LogP contribution in [0.1, 0.15) is 68.2 Å². The van der Waals surface area contributed by atoms with Crippen LogP contribution in [0.5, 0.6) is 0 Å². The maximum absolute atomic E-state index is 11.4. The molecule has 0 bridgehead atoms. The van der Waals surface area contributed by atoms with E-state index in [1.165, 1.54) is 17.8 Å². The number of piperidine rings is 1. The number of carboxylic acid groups (broad SMARTS) is 1. The Labute approximate surface area is 124 Å². The second-order valence-electron chi connectivity index (χ2n) is 5.88. The Bertz CT molecular complexity index is 486. The molecule has 1 aromatic rings.